The van der Waals surface area contributed by atoms with Crippen molar-refractivity contribution in [1.82, 2.24) is 9.97 Å². The second-order valence-electron chi connectivity index (χ2n) is 3.41. The third kappa shape index (κ3) is 3.15. The zero-order valence-electron chi connectivity index (χ0n) is 9.83. The van der Waals surface area contributed by atoms with Crippen LogP contribution in [-0.4, -0.2) is 28.2 Å². The summed E-state index contributed by atoms with van der Waals surface area (Å²) in [6.07, 6.45) is 1.42. The molecule has 1 N–H and O–H groups in total. The number of hydrogen-bond donors (Lipinski definition) is 1. The summed E-state index contributed by atoms with van der Waals surface area (Å²) in [5, 5.41) is 9.90. The second kappa shape index (κ2) is 5.90. The predicted molar refractivity (Wildman–Crippen MR) is 71.1 cm³/mol. The number of hydrogen-bond acceptors (Lipinski definition) is 5. The highest BCUT2D eigenvalue weighted by atomic mass is 35.5. The van der Waals surface area contributed by atoms with Crippen molar-refractivity contribution in [3.05, 3.63) is 41.0 Å². The largest absolute Gasteiger partial charge is 0.478 e. The summed E-state index contributed by atoms with van der Waals surface area (Å²) in [6.45, 7) is 0. The Morgan fingerprint density at radius 2 is 2.16 bits per heavy atom. The van der Waals surface area contributed by atoms with Crippen LogP contribution < -0.4 is 4.74 Å². The Kier molecular flexibility index (Phi) is 4.24. The van der Waals surface area contributed by atoms with Crippen LogP contribution >= 0.6 is 23.4 Å². The molecule has 0 saturated heterocycles. The molecule has 0 atom stereocenters. The first-order valence-electron chi connectivity index (χ1n) is 5.18. The lowest BCUT2D eigenvalue weighted by atomic mass is 10.2. The van der Waals surface area contributed by atoms with E-state index < -0.39 is 5.97 Å². The van der Waals surface area contributed by atoms with Gasteiger partial charge in [0, 0.05) is 4.90 Å². The van der Waals surface area contributed by atoms with Crippen molar-refractivity contribution in [3.8, 4) is 6.01 Å². The molecule has 0 aliphatic carbocycles. The highest BCUT2D eigenvalue weighted by molar-refractivity contribution is 7.99. The molecule has 2 rings (SSSR count). The predicted octanol–water partition coefficient (Wildman–Crippen LogP) is 2.99. The maximum atomic E-state index is 11.1. The van der Waals surface area contributed by atoms with Crippen molar-refractivity contribution in [1.29, 1.82) is 0 Å². The molecule has 1 heterocycles. The lowest BCUT2D eigenvalue weighted by Gasteiger charge is -2.07. The summed E-state index contributed by atoms with van der Waals surface area (Å²) < 4.78 is 4.91. The van der Waals surface area contributed by atoms with Gasteiger partial charge in [-0.15, -0.1) is 0 Å². The first-order valence-corrected chi connectivity index (χ1v) is 6.38. The number of halogens is 1. The molecule has 7 heteroatoms. The van der Waals surface area contributed by atoms with Gasteiger partial charge in [0.2, 0.25) is 0 Å². The summed E-state index contributed by atoms with van der Waals surface area (Å²) in [5.41, 5.74) is 0.196. The van der Waals surface area contributed by atoms with Crippen molar-refractivity contribution in [2.75, 3.05) is 7.11 Å². The Balaban J connectivity index is 2.38. The van der Waals surface area contributed by atoms with Crippen LogP contribution in [0.25, 0.3) is 0 Å². The summed E-state index contributed by atoms with van der Waals surface area (Å²) in [7, 11) is 1.45. The van der Waals surface area contributed by atoms with Gasteiger partial charge in [-0.1, -0.05) is 35.5 Å². The zero-order chi connectivity index (χ0) is 13.8. The topological polar surface area (TPSA) is 72.3 Å². The van der Waals surface area contributed by atoms with Crippen molar-refractivity contribution >= 4 is 29.3 Å². The van der Waals surface area contributed by atoms with Gasteiger partial charge in [0.15, 0.2) is 0 Å². The van der Waals surface area contributed by atoms with Gasteiger partial charge in [0.05, 0.1) is 23.9 Å². The van der Waals surface area contributed by atoms with E-state index in [4.69, 9.17) is 21.4 Å². The third-order valence-electron chi connectivity index (χ3n) is 2.20. The van der Waals surface area contributed by atoms with E-state index in [-0.39, 0.29) is 11.6 Å². The molecule has 5 nitrogen and oxygen atoms in total. The molecule has 1 aromatic carbocycles. The molecule has 0 amide bonds. The highest BCUT2D eigenvalue weighted by Crippen LogP contribution is 2.34. The van der Waals surface area contributed by atoms with Gasteiger partial charge in [0.1, 0.15) is 5.03 Å². The van der Waals surface area contributed by atoms with Gasteiger partial charge in [-0.05, 0) is 12.1 Å². The van der Waals surface area contributed by atoms with E-state index in [1.165, 1.54) is 19.4 Å². The minimum absolute atomic E-state index is 0.180. The number of ether oxygens (including phenoxy) is 1. The average molecular weight is 297 g/mol. The first-order chi connectivity index (χ1) is 9.11. The number of benzene rings is 1. The fraction of sp³-hybridized carbons (Fsp3) is 0.0833. The number of rotatable bonds is 4. The van der Waals surface area contributed by atoms with Crippen LogP contribution in [0, 0.1) is 0 Å². The monoisotopic (exact) mass is 296 g/mol. The number of carbonyl (C=O) groups is 1. The third-order valence-corrected chi connectivity index (χ3v) is 3.67. The summed E-state index contributed by atoms with van der Waals surface area (Å²) in [4.78, 5) is 19.6. The van der Waals surface area contributed by atoms with Crippen LogP contribution in [0.2, 0.25) is 5.02 Å². The number of nitrogens with zero attached hydrogens (tertiary/aromatic N) is 2. The van der Waals surface area contributed by atoms with Gasteiger partial charge in [-0.25, -0.2) is 9.78 Å². The Hall–Kier alpha value is -1.79. The van der Waals surface area contributed by atoms with E-state index >= 15 is 0 Å². The number of carboxylic acids is 1. The number of methoxy groups -OCH3 is 1. The molecule has 19 heavy (non-hydrogen) atoms. The van der Waals surface area contributed by atoms with Crippen LogP contribution in [0.5, 0.6) is 6.01 Å². The summed E-state index contributed by atoms with van der Waals surface area (Å²) in [5.74, 6) is -1.000. The molecule has 0 fully saturated rings. The number of carboxylic acid groups (broad SMARTS) is 1. The molecule has 0 radical (unpaired) electrons. The number of aromatic carboxylic acids is 1. The quantitative estimate of drug-likeness (QED) is 0.875. The average Bonchev–Trinajstić information content (AvgIpc) is 2.41. The van der Waals surface area contributed by atoms with Crippen LogP contribution in [0.3, 0.4) is 0 Å². The van der Waals surface area contributed by atoms with E-state index in [0.29, 0.717) is 14.9 Å². The van der Waals surface area contributed by atoms with Gasteiger partial charge in [-0.3, -0.25) is 0 Å². The molecular formula is C12H9ClN2O3S. The zero-order valence-corrected chi connectivity index (χ0v) is 11.4. The van der Waals surface area contributed by atoms with Crippen LogP contribution in [0.15, 0.2) is 40.4 Å². The molecule has 0 saturated carbocycles. The molecule has 1 aromatic heterocycles. The van der Waals surface area contributed by atoms with E-state index in [2.05, 4.69) is 9.97 Å². The fourth-order valence-corrected chi connectivity index (χ4v) is 2.44. The standard InChI is InChI=1S/C12H9ClN2O3S/c1-18-12-14-6-8(13)10(15-12)19-9-5-3-2-4-7(9)11(16)17/h2-6H,1H3,(H,16,17). The van der Waals surface area contributed by atoms with E-state index in [0.717, 1.165) is 11.8 Å². The highest BCUT2D eigenvalue weighted by Gasteiger charge is 2.13. The minimum atomic E-state index is -1.000. The van der Waals surface area contributed by atoms with Gasteiger partial charge < -0.3 is 9.84 Å². The molecule has 2 aromatic rings. The van der Waals surface area contributed by atoms with Gasteiger partial charge >= 0.3 is 12.0 Å². The molecule has 0 aliphatic rings. The SMILES string of the molecule is COc1ncc(Cl)c(Sc2ccccc2C(=O)O)n1. The Morgan fingerprint density at radius 3 is 2.84 bits per heavy atom. The normalized spacial score (nSPS) is 10.2. The van der Waals surface area contributed by atoms with Crippen molar-refractivity contribution in [2.45, 2.75) is 9.92 Å². The van der Waals surface area contributed by atoms with Crippen molar-refractivity contribution in [3.63, 3.8) is 0 Å². The lowest BCUT2D eigenvalue weighted by Crippen LogP contribution is -1.99. The first kappa shape index (κ1) is 13.6. The molecule has 0 unspecified atom stereocenters. The van der Waals surface area contributed by atoms with E-state index in [1.807, 2.05) is 0 Å². The second-order valence-corrected chi connectivity index (χ2v) is 4.85. The van der Waals surface area contributed by atoms with Gasteiger partial charge in [0.25, 0.3) is 0 Å². The lowest BCUT2D eigenvalue weighted by molar-refractivity contribution is 0.0693. The Morgan fingerprint density at radius 1 is 1.42 bits per heavy atom. The molecule has 0 bridgehead atoms. The smallest absolute Gasteiger partial charge is 0.336 e. The van der Waals surface area contributed by atoms with Crippen LogP contribution in [-0.2, 0) is 0 Å². The fourth-order valence-electron chi connectivity index (χ4n) is 1.34. The maximum absolute atomic E-state index is 11.1. The molecular weight excluding hydrogens is 288 g/mol. The number of aromatic nitrogens is 2. The van der Waals surface area contributed by atoms with Gasteiger partial charge in [-0.2, -0.15) is 4.98 Å². The van der Waals surface area contributed by atoms with E-state index in [1.54, 1.807) is 18.2 Å². The van der Waals surface area contributed by atoms with Crippen molar-refractivity contribution < 1.29 is 14.6 Å². The van der Waals surface area contributed by atoms with Crippen LogP contribution in [0.1, 0.15) is 10.4 Å². The van der Waals surface area contributed by atoms with Crippen LogP contribution in [0.4, 0.5) is 0 Å². The summed E-state index contributed by atoms with van der Waals surface area (Å²) >= 11 is 7.14. The molecule has 0 aliphatic heterocycles. The molecule has 98 valence electrons. The van der Waals surface area contributed by atoms with E-state index in [9.17, 15) is 4.79 Å². The van der Waals surface area contributed by atoms with Crippen molar-refractivity contribution in [2.24, 2.45) is 0 Å². The molecule has 0 spiro atoms. The minimum Gasteiger partial charge on any atom is -0.478 e. The summed E-state index contributed by atoms with van der Waals surface area (Å²) in [6, 6.07) is 6.81. The maximum Gasteiger partial charge on any atom is 0.336 e. The Labute approximate surface area is 118 Å². The Bertz CT molecular complexity index is 622.